The van der Waals surface area contributed by atoms with Gasteiger partial charge in [-0.2, -0.15) is 0 Å². The summed E-state index contributed by atoms with van der Waals surface area (Å²) in [6.07, 6.45) is 4.08. The summed E-state index contributed by atoms with van der Waals surface area (Å²) in [6.45, 7) is 22.1. The molecular weight excluding hydrogens is 967 g/mol. The standard InChI is InChI=1S/C52H93N5O17/c1-9-10-18-55-47(60)43(53)14-11-12-19-54-46(59)17-22-66-24-26-68-28-30-70-32-34-71-33-31-69-29-27-67-25-23-64-20-13-21-65-35-36-72-49(62)57-44-39-41(15-16-45(44)58)38-42(56-50(63)74-52(6,7)8)37-40(2)48(61)73-51(3,4)5/h15-16,39-40,42-43,58H,9-14,17-38,53H2,1-8H3,(H,54,59)(H,55,60)(H,56,63)(H,57,62)/t40-,42+,43-/m0/s1. The number of phenolic OH excluding ortho intramolecular Hbond substituents is 1. The van der Waals surface area contributed by atoms with Crippen LogP contribution in [0.15, 0.2) is 18.2 Å². The summed E-state index contributed by atoms with van der Waals surface area (Å²) in [7, 11) is 0. The number of rotatable bonds is 44. The van der Waals surface area contributed by atoms with Crippen LogP contribution in [-0.4, -0.2) is 184 Å². The molecule has 0 spiro atoms. The van der Waals surface area contributed by atoms with Crippen molar-refractivity contribution >= 4 is 35.7 Å². The van der Waals surface area contributed by atoms with Crippen LogP contribution in [0.5, 0.6) is 5.75 Å². The molecule has 22 heteroatoms. The minimum atomic E-state index is -0.781. The molecule has 0 saturated heterocycles. The highest BCUT2D eigenvalue weighted by molar-refractivity contribution is 5.86. The molecule has 22 nitrogen and oxygen atoms in total. The third-order valence-electron chi connectivity index (χ3n) is 10.1. The lowest BCUT2D eigenvalue weighted by Crippen LogP contribution is -2.42. The van der Waals surface area contributed by atoms with Crippen molar-refractivity contribution in [3.05, 3.63) is 23.8 Å². The molecule has 0 unspecified atom stereocenters. The molecule has 0 aliphatic heterocycles. The van der Waals surface area contributed by atoms with E-state index in [0.717, 1.165) is 25.7 Å². The minimum Gasteiger partial charge on any atom is -0.506 e. The molecule has 3 atom stereocenters. The van der Waals surface area contributed by atoms with Gasteiger partial charge in [-0.15, -0.1) is 0 Å². The molecule has 0 radical (unpaired) electrons. The number of benzene rings is 1. The molecule has 0 aliphatic rings. The summed E-state index contributed by atoms with van der Waals surface area (Å²) in [4.78, 5) is 61.8. The molecule has 428 valence electrons. The highest BCUT2D eigenvalue weighted by Crippen LogP contribution is 2.26. The van der Waals surface area contributed by atoms with Gasteiger partial charge >= 0.3 is 18.2 Å². The monoisotopic (exact) mass is 1060 g/mol. The van der Waals surface area contributed by atoms with Crippen LogP contribution in [0.25, 0.3) is 0 Å². The number of carbonyl (C=O) groups excluding carboxylic acids is 5. The zero-order valence-electron chi connectivity index (χ0n) is 45.8. The van der Waals surface area contributed by atoms with Crippen molar-refractivity contribution in [1.82, 2.24) is 16.0 Å². The van der Waals surface area contributed by atoms with Gasteiger partial charge in [-0.1, -0.05) is 26.3 Å². The number of hydrogen-bond acceptors (Lipinski definition) is 18. The minimum absolute atomic E-state index is 0.0147. The number of ether oxygens (including phenoxy) is 11. The zero-order valence-corrected chi connectivity index (χ0v) is 45.8. The molecule has 0 heterocycles. The van der Waals surface area contributed by atoms with Crippen molar-refractivity contribution in [1.29, 1.82) is 0 Å². The highest BCUT2D eigenvalue weighted by atomic mass is 16.6. The third-order valence-corrected chi connectivity index (χ3v) is 10.1. The van der Waals surface area contributed by atoms with E-state index in [0.29, 0.717) is 131 Å². The molecule has 0 aromatic heterocycles. The van der Waals surface area contributed by atoms with Gasteiger partial charge in [-0.3, -0.25) is 19.7 Å². The average Bonchev–Trinajstić information content (AvgIpc) is 3.32. The first-order valence-electron chi connectivity index (χ1n) is 26.2. The molecule has 0 aliphatic carbocycles. The number of phenols is 1. The van der Waals surface area contributed by atoms with Crippen molar-refractivity contribution < 1.29 is 81.2 Å². The number of carbonyl (C=O) groups is 5. The van der Waals surface area contributed by atoms with Crippen molar-refractivity contribution in [2.45, 2.75) is 136 Å². The van der Waals surface area contributed by atoms with E-state index in [1.807, 2.05) is 0 Å². The first-order chi connectivity index (χ1) is 35.3. The number of nitrogens with two attached hydrogens (primary N) is 1. The van der Waals surface area contributed by atoms with Crippen LogP contribution in [0.2, 0.25) is 0 Å². The van der Waals surface area contributed by atoms with Gasteiger partial charge in [0.25, 0.3) is 0 Å². The summed E-state index contributed by atoms with van der Waals surface area (Å²) in [5, 5.41) is 21.5. The van der Waals surface area contributed by atoms with Crippen molar-refractivity contribution in [2.75, 3.05) is 131 Å². The fraction of sp³-hybridized carbons (Fsp3) is 0.788. The molecule has 1 aromatic carbocycles. The van der Waals surface area contributed by atoms with E-state index in [1.165, 1.54) is 6.07 Å². The number of amides is 4. The summed E-state index contributed by atoms with van der Waals surface area (Å²) < 4.78 is 60.3. The molecule has 0 bridgehead atoms. The fourth-order valence-corrected chi connectivity index (χ4v) is 6.43. The van der Waals surface area contributed by atoms with Crippen LogP contribution >= 0.6 is 0 Å². The van der Waals surface area contributed by atoms with Gasteiger partial charge in [-0.05, 0) is 104 Å². The Labute approximate surface area is 440 Å². The Bertz CT molecular complexity index is 1660. The van der Waals surface area contributed by atoms with E-state index >= 15 is 0 Å². The smallest absolute Gasteiger partial charge is 0.411 e. The molecule has 0 fully saturated rings. The molecular formula is C52H93N5O17. The molecule has 7 N–H and O–H groups in total. The van der Waals surface area contributed by atoms with Crippen LogP contribution in [0.1, 0.15) is 112 Å². The maximum absolute atomic E-state index is 12.7. The summed E-state index contributed by atoms with van der Waals surface area (Å²) in [6, 6.07) is 3.61. The van der Waals surface area contributed by atoms with Crippen LogP contribution in [0, 0.1) is 5.92 Å². The van der Waals surface area contributed by atoms with Crippen LogP contribution < -0.4 is 27.0 Å². The number of hydrogen-bond donors (Lipinski definition) is 6. The maximum atomic E-state index is 12.7. The number of nitrogens with one attached hydrogen (secondary N) is 4. The molecule has 1 rings (SSSR count). The van der Waals surface area contributed by atoms with E-state index in [4.69, 9.17) is 57.8 Å². The Morgan fingerprint density at radius 3 is 1.64 bits per heavy atom. The topological polar surface area (TPSA) is 281 Å². The van der Waals surface area contributed by atoms with Gasteiger partial charge in [0, 0.05) is 38.8 Å². The maximum Gasteiger partial charge on any atom is 0.411 e. The molecule has 4 amide bonds. The zero-order chi connectivity index (χ0) is 54.9. The van der Waals surface area contributed by atoms with Gasteiger partial charge in [-0.25, -0.2) is 9.59 Å². The van der Waals surface area contributed by atoms with Gasteiger partial charge in [0.05, 0.1) is 110 Å². The fourth-order valence-electron chi connectivity index (χ4n) is 6.43. The number of alkyl carbamates (subject to hydrolysis) is 1. The van der Waals surface area contributed by atoms with E-state index in [9.17, 15) is 29.1 Å². The van der Waals surface area contributed by atoms with Crippen molar-refractivity contribution in [2.24, 2.45) is 11.7 Å². The van der Waals surface area contributed by atoms with Gasteiger partial charge in [0.15, 0.2) is 0 Å². The quantitative estimate of drug-likeness (QED) is 0.0212. The van der Waals surface area contributed by atoms with Gasteiger partial charge < -0.3 is 78.9 Å². The first-order valence-corrected chi connectivity index (χ1v) is 26.2. The Hall–Kier alpha value is -4.39. The molecule has 74 heavy (non-hydrogen) atoms. The average molecular weight is 1060 g/mol. The van der Waals surface area contributed by atoms with Crippen LogP contribution in [0.3, 0.4) is 0 Å². The largest absolute Gasteiger partial charge is 0.506 e. The van der Waals surface area contributed by atoms with Gasteiger partial charge in [0.1, 0.15) is 23.6 Å². The van der Waals surface area contributed by atoms with E-state index in [-0.39, 0.29) is 55.7 Å². The Kier molecular flexibility index (Phi) is 38.2. The third kappa shape index (κ3) is 40.0. The predicted molar refractivity (Wildman–Crippen MR) is 278 cm³/mol. The number of anilines is 1. The van der Waals surface area contributed by atoms with E-state index in [1.54, 1.807) is 60.6 Å². The summed E-state index contributed by atoms with van der Waals surface area (Å²) in [5.74, 6) is -1.31. The lowest BCUT2D eigenvalue weighted by molar-refractivity contribution is -0.159. The normalized spacial score (nSPS) is 12.9. The SMILES string of the molecule is CCCCNC(=O)[C@@H](N)CCCCNC(=O)CCOCCOCCOCCOCCOCCOCCOCCCOCCOC(=O)Nc1cc(C[C@@H](C[C@H](C)C(=O)OC(C)(C)C)NC(=O)OC(C)(C)C)ccc1O. The van der Waals surface area contributed by atoms with E-state index < -0.39 is 47.4 Å². The number of aromatic hydroxyl groups is 1. The Morgan fingerprint density at radius 2 is 1.11 bits per heavy atom. The highest BCUT2D eigenvalue weighted by Gasteiger charge is 2.27. The summed E-state index contributed by atoms with van der Waals surface area (Å²) >= 11 is 0. The second kappa shape index (κ2) is 41.8. The molecule has 1 aromatic rings. The number of unbranched alkanes of at least 4 members (excludes halogenated alkanes) is 2. The van der Waals surface area contributed by atoms with Crippen LogP contribution in [0.4, 0.5) is 15.3 Å². The van der Waals surface area contributed by atoms with Crippen molar-refractivity contribution in [3.8, 4) is 5.75 Å². The Balaban J connectivity index is 1.99. The van der Waals surface area contributed by atoms with Crippen LogP contribution in [-0.2, 0) is 72.9 Å². The lowest BCUT2D eigenvalue weighted by atomic mass is 9.95. The first kappa shape index (κ1) is 67.6. The van der Waals surface area contributed by atoms with Gasteiger partial charge in [0.2, 0.25) is 11.8 Å². The van der Waals surface area contributed by atoms with Crippen molar-refractivity contribution in [3.63, 3.8) is 0 Å². The number of esters is 1. The van der Waals surface area contributed by atoms with E-state index in [2.05, 4.69) is 28.2 Å². The lowest BCUT2D eigenvalue weighted by Gasteiger charge is -2.27. The second-order valence-corrected chi connectivity index (χ2v) is 19.4. The Morgan fingerprint density at radius 1 is 0.608 bits per heavy atom. The predicted octanol–water partition coefficient (Wildman–Crippen LogP) is 5.19. The summed E-state index contributed by atoms with van der Waals surface area (Å²) in [5.41, 5.74) is 5.31. The second-order valence-electron chi connectivity index (χ2n) is 19.4. The molecule has 0 saturated carbocycles.